The molecule has 140 valence electrons. The molecule has 0 fully saturated rings. The quantitative estimate of drug-likeness (QED) is 0.656. The van der Waals surface area contributed by atoms with Gasteiger partial charge in [-0.2, -0.15) is 0 Å². The molecule has 0 aromatic heterocycles. The first kappa shape index (κ1) is 18.6. The fourth-order valence-electron chi connectivity index (χ4n) is 3.39. The Labute approximate surface area is 157 Å². The summed E-state index contributed by atoms with van der Waals surface area (Å²) in [5, 5.41) is 13.9. The Hall–Kier alpha value is -3.22. The highest BCUT2D eigenvalue weighted by Crippen LogP contribution is 2.30. The fraction of sp³-hybridized carbons (Fsp3) is 0.300. The van der Waals surface area contributed by atoms with Crippen LogP contribution < -0.4 is 10.2 Å². The lowest BCUT2D eigenvalue weighted by molar-refractivity contribution is -0.385. The molecule has 1 aliphatic rings. The van der Waals surface area contributed by atoms with Gasteiger partial charge in [-0.1, -0.05) is 13.0 Å². The maximum atomic E-state index is 12.6. The minimum absolute atomic E-state index is 0.0817. The van der Waals surface area contributed by atoms with Gasteiger partial charge in [0.05, 0.1) is 4.92 Å². The number of nitrogens with zero attached hydrogens (tertiary/aromatic N) is 2. The minimum atomic E-state index is -0.496. The number of fused-ring (bicyclic) bond motifs is 1. The van der Waals surface area contributed by atoms with Crippen LogP contribution in [0.2, 0.25) is 0 Å². The average molecular weight is 367 g/mol. The molecule has 3 rings (SSSR count). The van der Waals surface area contributed by atoms with Crippen molar-refractivity contribution in [1.29, 1.82) is 0 Å². The number of hydrogen-bond donors (Lipinski definition) is 1. The number of rotatable bonds is 4. The number of amides is 2. The lowest BCUT2D eigenvalue weighted by atomic mass is 10.00. The van der Waals surface area contributed by atoms with E-state index in [4.69, 9.17) is 0 Å². The Balaban J connectivity index is 1.85. The zero-order chi connectivity index (χ0) is 19.6. The van der Waals surface area contributed by atoms with Crippen LogP contribution >= 0.6 is 0 Å². The maximum Gasteiger partial charge on any atom is 0.273 e. The first-order valence-electron chi connectivity index (χ1n) is 8.91. The number of anilines is 2. The highest BCUT2D eigenvalue weighted by molar-refractivity contribution is 6.06. The number of aryl methyl sites for hydroxylation is 1. The van der Waals surface area contributed by atoms with Gasteiger partial charge in [0.25, 0.3) is 11.6 Å². The van der Waals surface area contributed by atoms with Gasteiger partial charge in [0.15, 0.2) is 0 Å². The van der Waals surface area contributed by atoms with Crippen LogP contribution in [0.3, 0.4) is 0 Å². The summed E-state index contributed by atoms with van der Waals surface area (Å²) >= 11 is 0. The van der Waals surface area contributed by atoms with Gasteiger partial charge in [-0.05, 0) is 49.6 Å². The number of carbonyl (C=O) groups excluding carboxylic acids is 2. The maximum absolute atomic E-state index is 12.6. The third kappa shape index (κ3) is 3.67. The van der Waals surface area contributed by atoms with E-state index >= 15 is 0 Å². The molecule has 0 spiro atoms. The van der Waals surface area contributed by atoms with E-state index < -0.39 is 10.8 Å². The Morgan fingerprint density at radius 1 is 1.26 bits per heavy atom. The van der Waals surface area contributed by atoms with Crippen molar-refractivity contribution >= 4 is 28.9 Å². The third-order valence-electron chi connectivity index (χ3n) is 4.81. The van der Waals surface area contributed by atoms with Crippen LogP contribution in [0.1, 0.15) is 41.3 Å². The van der Waals surface area contributed by atoms with Crippen molar-refractivity contribution in [3.05, 3.63) is 63.2 Å². The van der Waals surface area contributed by atoms with E-state index in [2.05, 4.69) is 5.32 Å². The average Bonchev–Trinajstić information content (AvgIpc) is 2.66. The van der Waals surface area contributed by atoms with Crippen LogP contribution in [0.4, 0.5) is 17.1 Å². The highest BCUT2D eigenvalue weighted by Gasteiger charge is 2.22. The van der Waals surface area contributed by atoms with Crippen LogP contribution in [0, 0.1) is 17.0 Å². The van der Waals surface area contributed by atoms with E-state index in [1.165, 1.54) is 12.1 Å². The zero-order valence-corrected chi connectivity index (χ0v) is 15.3. The van der Waals surface area contributed by atoms with Crippen molar-refractivity contribution in [2.45, 2.75) is 33.1 Å². The van der Waals surface area contributed by atoms with Crippen LogP contribution in [-0.2, 0) is 11.2 Å². The lowest BCUT2D eigenvalue weighted by Crippen LogP contribution is -2.34. The van der Waals surface area contributed by atoms with Gasteiger partial charge in [-0.25, -0.2) is 0 Å². The minimum Gasteiger partial charge on any atom is -0.322 e. The molecule has 7 nitrogen and oxygen atoms in total. The monoisotopic (exact) mass is 367 g/mol. The first-order valence-corrected chi connectivity index (χ1v) is 8.91. The molecule has 1 N–H and O–H groups in total. The lowest BCUT2D eigenvalue weighted by Gasteiger charge is -2.29. The second kappa shape index (κ2) is 7.57. The number of hydrogen-bond acceptors (Lipinski definition) is 4. The molecule has 0 unspecified atom stereocenters. The summed E-state index contributed by atoms with van der Waals surface area (Å²) in [6, 6.07) is 9.92. The predicted octanol–water partition coefficient (Wildman–Crippen LogP) is 3.84. The van der Waals surface area contributed by atoms with Gasteiger partial charge in [-0.15, -0.1) is 0 Å². The summed E-state index contributed by atoms with van der Waals surface area (Å²) in [5.41, 5.74) is 3.02. The van der Waals surface area contributed by atoms with Gasteiger partial charge < -0.3 is 10.2 Å². The van der Waals surface area contributed by atoms with E-state index in [-0.39, 0.29) is 17.2 Å². The first-order chi connectivity index (χ1) is 12.9. The molecule has 0 radical (unpaired) electrons. The van der Waals surface area contributed by atoms with Crippen molar-refractivity contribution in [3.8, 4) is 0 Å². The molecular weight excluding hydrogens is 346 g/mol. The summed E-state index contributed by atoms with van der Waals surface area (Å²) in [4.78, 5) is 37.1. The normalized spacial score (nSPS) is 13.0. The molecule has 1 aliphatic heterocycles. The van der Waals surface area contributed by atoms with Crippen molar-refractivity contribution in [1.82, 2.24) is 0 Å². The van der Waals surface area contributed by atoms with Crippen molar-refractivity contribution in [2.75, 3.05) is 16.8 Å². The molecule has 0 saturated heterocycles. The molecular formula is C20H21N3O4. The molecule has 27 heavy (non-hydrogen) atoms. The summed E-state index contributed by atoms with van der Waals surface area (Å²) in [6.45, 7) is 4.11. The van der Waals surface area contributed by atoms with Crippen LogP contribution in [-0.4, -0.2) is 23.3 Å². The number of nitro benzene ring substituents is 1. The van der Waals surface area contributed by atoms with E-state index in [9.17, 15) is 19.7 Å². The molecule has 1 heterocycles. The summed E-state index contributed by atoms with van der Waals surface area (Å²) < 4.78 is 0. The Bertz CT molecular complexity index is 923. The molecule has 2 amide bonds. The van der Waals surface area contributed by atoms with Crippen molar-refractivity contribution in [2.24, 2.45) is 0 Å². The van der Waals surface area contributed by atoms with Crippen molar-refractivity contribution < 1.29 is 14.5 Å². The van der Waals surface area contributed by atoms with E-state index in [0.717, 1.165) is 24.1 Å². The van der Waals surface area contributed by atoms with Gasteiger partial charge in [0, 0.05) is 41.5 Å². The number of nitro groups is 1. The Morgan fingerprint density at radius 2 is 2.04 bits per heavy atom. The van der Waals surface area contributed by atoms with E-state index in [1.54, 1.807) is 24.0 Å². The predicted molar refractivity (Wildman–Crippen MR) is 103 cm³/mol. The largest absolute Gasteiger partial charge is 0.322 e. The van der Waals surface area contributed by atoms with E-state index in [1.807, 2.05) is 19.1 Å². The molecule has 7 heteroatoms. The Morgan fingerprint density at radius 3 is 2.74 bits per heavy atom. The second-order valence-corrected chi connectivity index (χ2v) is 6.51. The second-order valence-electron chi connectivity index (χ2n) is 6.51. The number of nitrogens with one attached hydrogen (secondary N) is 1. The Kier molecular flexibility index (Phi) is 5.21. The van der Waals surface area contributed by atoms with Gasteiger partial charge in [-0.3, -0.25) is 19.7 Å². The summed E-state index contributed by atoms with van der Waals surface area (Å²) in [7, 11) is 0. The summed E-state index contributed by atoms with van der Waals surface area (Å²) in [5.74, 6) is -0.312. The molecule has 0 bridgehead atoms. The molecule has 2 aromatic rings. The van der Waals surface area contributed by atoms with Crippen LogP contribution in [0.15, 0.2) is 36.4 Å². The molecule has 0 saturated carbocycles. The van der Waals surface area contributed by atoms with Crippen LogP contribution in [0.5, 0.6) is 0 Å². The van der Waals surface area contributed by atoms with Crippen molar-refractivity contribution in [3.63, 3.8) is 0 Å². The smallest absolute Gasteiger partial charge is 0.273 e. The topological polar surface area (TPSA) is 92.6 Å². The van der Waals surface area contributed by atoms with E-state index in [0.29, 0.717) is 24.2 Å². The highest BCUT2D eigenvalue weighted by atomic mass is 16.6. The zero-order valence-electron chi connectivity index (χ0n) is 15.3. The van der Waals surface area contributed by atoms with Crippen LogP contribution in [0.25, 0.3) is 0 Å². The standard InChI is InChI=1S/C20H21N3O4/c1-3-19(24)22-11-5-6-14-12-15(9-10-18(14)22)21-20(25)16-7-4-8-17(13(16)2)23(26)27/h4,7-10,12H,3,5-6,11H2,1-2H3,(H,21,25). The molecule has 0 atom stereocenters. The SMILES string of the molecule is CCC(=O)N1CCCc2cc(NC(=O)c3cccc([N+](=O)[O-])c3C)ccc21. The fourth-order valence-corrected chi connectivity index (χ4v) is 3.39. The van der Waals surface area contributed by atoms with Gasteiger partial charge in [0.1, 0.15) is 0 Å². The van der Waals surface area contributed by atoms with Gasteiger partial charge in [0.2, 0.25) is 5.91 Å². The third-order valence-corrected chi connectivity index (χ3v) is 4.81. The van der Waals surface area contributed by atoms with Gasteiger partial charge >= 0.3 is 0 Å². The summed E-state index contributed by atoms with van der Waals surface area (Å²) in [6.07, 6.45) is 2.16. The number of benzene rings is 2. The molecule has 2 aromatic carbocycles. The molecule has 0 aliphatic carbocycles. The number of carbonyl (C=O) groups is 2.